The second-order valence-electron chi connectivity index (χ2n) is 9.35. The number of esters is 2. The highest BCUT2D eigenvalue weighted by Crippen LogP contribution is 2.44. The molecule has 0 spiro atoms. The summed E-state index contributed by atoms with van der Waals surface area (Å²) in [6.45, 7) is 5.79. The van der Waals surface area contributed by atoms with Crippen molar-refractivity contribution in [1.82, 2.24) is 4.90 Å². The predicted molar refractivity (Wildman–Crippen MR) is 136 cm³/mol. The van der Waals surface area contributed by atoms with Crippen LogP contribution in [0.25, 0.3) is 0 Å². The summed E-state index contributed by atoms with van der Waals surface area (Å²) in [6.07, 6.45) is 7.79. The van der Waals surface area contributed by atoms with Gasteiger partial charge in [0.05, 0.1) is 25.2 Å². The maximum atomic E-state index is 13.2. The first-order valence-electron chi connectivity index (χ1n) is 12.1. The number of ether oxygens (including phenoxy) is 4. The molecule has 0 saturated carbocycles. The fourth-order valence-corrected chi connectivity index (χ4v) is 4.78. The summed E-state index contributed by atoms with van der Waals surface area (Å²) >= 11 is 0. The van der Waals surface area contributed by atoms with Crippen molar-refractivity contribution < 1.29 is 28.5 Å². The lowest BCUT2D eigenvalue weighted by atomic mass is 9.66. The highest BCUT2D eigenvalue weighted by molar-refractivity contribution is 5.89. The second kappa shape index (κ2) is 13.6. The molecule has 2 rings (SSSR count). The van der Waals surface area contributed by atoms with Crippen molar-refractivity contribution >= 4 is 11.9 Å². The molecule has 0 N–H and O–H groups in total. The molecular weight excluding hydrogens is 446 g/mol. The molecule has 0 heterocycles. The molecule has 3 unspecified atom stereocenters. The summed E-state index contributed by atoms with van der Waals surface area (Å²) in [5.74, 6) is -0.517. The third kappa shape index (κ3) is 7.03. The van der Waals surface area contributed by atoms with Crippen LogP contribution in [-0.2, 0) is 30.2 Å². The van der Waals surface area contributed by atoms with E-state index in [0.717, 1.165) is 37.1 Å². The van der Waals surface area contributed by atoms with Gasteiger partial charge in [0.2, 0.25) is 0 Å². The van der Waals surface area contributed by atoms with Gasteiger partial charge in [0, 0.05) is 20.8 Å². The maximum Gasteiger partial charge on any atom is 0.337 e. The first-order valence-corrected chi connectivity index (χ1v) is 12.1. The molecule has 1 aliphatic carbocycles. The van der Waals surface area contributed by atoms with Crippen molar-refractivity contribution in [2.24, 2.45) is 11.3 Å². The van der Waals surface area contributed by atoms with Crippen LogP contribution in [0.1, 0.15) is 42.6 Å². The minimum absolute atomic E-state index is 0.0359. The molecule has 35 heavy (non-hydrogen) atoms. The highest BCUT2D eigenvalue weighted by Gasteiger charge is 2.46. The van der Waals surface area contributed by atoms with E-state index in [9.17, 15) is 9.59 Å². The van der Waals surface area contributed by atoms with E-state index in [1.807, 2.05) is 36.4 Å². The highest BCUT2D eigenvalue weighted by atomic mass is 16.5. The van der Waals surface area contributed by atoms with Crippen molar-refractivity contribution in [3.63, 3.8) is 0 Å². The number of carbonyl (C=O) groups is 2. The Labute approximate surface area is 210 Å². The molecule has 1 aromatic carbocycles. The van der Waals surface area contributed by atoms with Gasteiger partial charge in [-0.2, -0.15) is 0 Å². The van der Waals surface area contributed by atoms with Gasteiger partial charge in [-0.25, -0.2) is 4.79 Å². The van der Waals surface area contributed by atoms with Crippen LogP contribution in [0.5, 0.6) is 0 Å². The smallest absolute Gasteiger partial charge is 0.337 e. The minimum atomic E-state index is -0.767. The molecule has 0 bridgehead atoms. The minimum Gasteiger partial charge on any atom is -0.468 e. The maximum absolute atomic E-state index is 13.2. The average Bonchev–Trinajstić information content (AvgIpc) is 2.88. The largest absolute Gasteiger partial charge is 0.468 e. The Morgan fingerprint density at radius 1 is 1.03 bits per heavy atom. The zero-order valence-corrected chi connectivity index (χ0v) is 22.2. The number of benzene rings is 1. The summed E-state index contributed by atoms with van der Waals surface area (Å²) in [4.78, 5) is 27.2. The number of methoxy groups -OCH3 is 4. The molecule has 0 amide bonds. The van der Waals surface area contributed by atoms with Crippen LogP contribution in [-0.4, -0.2) is 77.6 Å². The fourth-order valence-electron chi connectivity index (χ4n) is 4.78. The summed E-state index contributed by atoms with van der Waals surface area (Å²) in [7, 11) is 8.21. The molecule has 0 saturated heterocycles. The molecule has 7 nitrogen and oxygen atoms in total. The molecule has 0 radical (unpaired) electrons. The quantitative estimate of drug-likeness (QED) is 0.388. The average molecular weight is 488 g/mol. The summed E-state index contributed by atoms with van der Waals surface area (Å²) in [6, 6.07) is 7.53. The van der Waals surface area contributed by atoms with Crippen LogP contribution in [0.3, 0.4) is 0 Å². The van der Waals surface area contributed by atoms with Crippen LogP contribution in [0.15, 0.2) is 48.1 Å². The third-order valence-electron chi connectivity index (χ3n) is 6.97. The van der Waals surface area contributed by atoms with Crippen LogP contribution in [0.4, 0.5) is 0 Å². The van der Waals surface area contributed by atoms with Crippen molar-refractivity contribution in [2.75, 3.05) is 48.6 Å². The summed E-state index contributed by atoms with van der Waals surface area (Å²) in [5.41, 5.74) is 1.80. The zero-order valence-electron chi connectivity index (χ0n) is 22.2. The zero-order chi connectivity index (χ0) is 26.0. The Morgan fingerprint density at radius 3 is 2.34 bits per heavy atom. The van der Waals surface area contributed by atoms with Gasteiger partial charge in [-0.3, -0.25) is 4.79 Å². The lowest BCUT2D eigenvalue weighted by Crippen LogP contribution is -2.42. The first-order chi connectivity index (χ1) is 16.7. The predicted octanol–water partition coefficient (Wildman–Crippen LogP) is 4.07. The Balaban J connectivity index is 2.08. The molecule has 0 aliphatic heterocycles. The second-order valence-corrected chi connectivity index (χ2v) is 9.35. The number of hydrogen-bond donors (Lipinski definition) is 0. The molecule has 7 heteroatoms. The van der Waals surface area contributed by atoms with Crippen molar-refractivity contribution in [2.45, 2.75) is 45.3 Å². The van der Waals surface area contributed by atoms with Crippen molar-refractivity contribution in [1.29, 1.82) is 0 Å². The standard InChI is InChI=1S/C28H41NO6/c1-20(2)28(27(31)35-7,23-12-13-24(32-4)25(19-23)33-5)15-9-16-29(3)17-14-21-10-8-11-22(18-21)26(30)34-6/h8,10-13,18-20,24-25H,9,14-17H2,1-7H3. The molecule has 3 atom stereocenters. The van der Waals surface area contributed by atoms with E-state index in [4.69, 9.17) is 18.9 Å². The van der Waals surface area contributed by atoms with E-state index in [0.29, 0.717) is 12.0 Å². The number of likely N-dealkylation sites (N-methyl/N-ethyl adjacent to an activating group) is 1. The van der Waals surface area contributed by atoms with E-state index in [2.05, 4.69) is 25.8 Å². The summed E-state index contributed by atoms with van der Waals surface area (Å²) in [5, 5.41) is 0. The number of rotatable bonds is 13. The molecule has 1 aliphatic rings. The van der Waals surface area contributed by atoms with Gasteiger partial charge in [-0.1, -0.05) is 38.1 Å². The monoisotopic (exact) mass is 487 g/mol. The third-order valence-corrected chi connectivity index (χ3v) is 6.97. The van der Waals surface area contributed by atoms with Gasteiger partial charge in [0.15, 0.2) is 0 Å². The number of nitrogens with zero attached hydrogens (tertiary/aromatic N) is 1. The van der Waals surface area contributed by atoms with Crippen LogP contribution in [0, 0.1) is 11.3 Å². The van der Waals surface area contributed by atoms with E-state index in [1.54, 1.807) is 20.3 Å². The Bertz CT molecular complexity index is 908. The van der Waals surface area contributed by atoms with E-state index in [-0.39, 0.29) is 30.1 Å². The topological polar surface area (TPSA) is 74.3 Å². The molecule has 194 valence electrons. The van der Waals surface area contributed by atoms with Gasteiger partial charge < -0.3 is 23.8 Å². The van der Waals surface area contributed by atoms with Crippen molar-refractivity contribution in [3.8, 4) is 0 Å². The van der Waals surface area contributed by atoms with E-state index in [1.165, 1.54) is 14.2 Å². The summed E-state index contributed by atoms with van der Waals surface area (Å²) < 4.78 is 21.3. The normalized spacial score (nSPS) is 19.4. The van der Waals surface area contributed by atoms with Gasteiger partial charge in [0.25, 0.3) is 0 Å². The Hall–Kier alpha value is -2.48. The molecule has 0 fully saturated rings. The van der Waals surface area contributed by atoms with Gasteiger partial charge in [0.1, 0.15) is 12.2 Å². The van der Waals surface area contributed by atoms with Crippen molar-refractivity contribution in [3.05, 3.63) is 59.2 Å². The Kier molecular flexibility index (Phi) is 11.1. The van der Waals surface area contributed by atoms with Gasteiger partial charge in [-0.15, -0.1) is 0 Å². The van der Waals surface area contributed by atoms with E-state index >= 15 is 0 Å². The Morgan fingerprint density at radius 2 is 1.74 bits per heavy atom. The molecule has 1 aromatic rings. The van der Waals surface area contributed by atoms with Gasteiger partial charge in [-0.05, 0) is 68.1 Å². The van der Waals surface area contributed by atoms with E-state index < -0.39 is 5.41 Å². The molecular formula is C28H41NO6. The lowest BCUT2D eigenvalue weighted by Gasteiger charge is -2.39. The van der Waals surface area contributed by atoms with Gasteiger partial charge >= 0.3 is 11.9 Å². The SMILES string of the molecule is COC(=O)c1cccc(CCN(C)CCCC(C(=O)OC)(C2=CC(OC)C(OC)C=C2)C(C)C)c1. The van der Waals surface area contributed by atoms with Crippen LogP contribution in [0.2, 0.25) is 0 Å². The van der Waals surface area contributed by atoms with Crippen LogP contribution < -0.4 is 0 Å². The lowest BCUT2D eigenvalue weighted by molar-refractivity contribution is -0.153. The number of allylic oxidation sites excluding steroid dienone is 1. The first kappa shape index (κ1) is 28.8. The number of carbonyl (C=O) groups excluding carboxylic acids is 2. The molecule has 0 aromatic heterocycles. The fraction of sp³-hybridized carbons (Fsp3) is 0.571. The number of hydrogen-bond acceptors (Lipinski definition) is 7. The van der Waals surface area contributed by atoms with Crippen LogP contribution >= 0.6 is 0 Å².